The van der Waals surface area contributed by atoms with E-state index in [0.717, 1.165) is 16.8 Å². The third kappa shape index (κ3) is 4.26. The van der Waals surface area contributed by atoms with Crippen LogP contribution in [-0.2, 0) is 4.79 Å². The van der Waals surface area contributed by atoms with Gasteiger partial charge in [-0.3, -0.25) is 9.59 Å². The number of carbonyl (C=O) groups excluding carboxylic acids is 2. The summed E-state index contributed by atoms with van der Waals surface area (Å²) in [5, 5.41) is 11.7. The molecule has 0 unspecified atom stereocenters. The third-order valence-electron chi connectivity index (χ3n) is 3.78. The fourth-order valence-corrected chi connectivity index (χ4v) is 2.41. The molecular formula is C18H20N2O5. The molecule has 2 amide bonds. The molecule has 0 saturated heterocycles. The molecule has 0 saturated carbocycles. The Kier molecular flexibility index (Phi) is 5.59. The number of nitrogens with zero attached hydrogens (tertiary/aromatic N) is 1. The number of hydrogen-bond donors (Lipinski definition) is 2. The van der Waals surface area contributed by atoms with Gasteiger partial charge >= 0.3 is 5.97 Å². The van der Waals surface area contributed by atoms with Crippen molar-refractivity contribution in [3.8, 4) is 0 Å². The molecule has 0 fully saturated rings. The normalized spacial score (nSPS) is 10.4. The summed E-state index contributed by atoms with van der Waals surface area (Å²) in [7, 11) is 0. The SMILES string of the molecule is CCN(CC(=O)Nc1c(C)cccc1C)C(=O)c1ccc(C(=O)O)o1. The van der Waals surface area contributed by atoms with Gasteiger partial charge in [-0.1, -0.05) is 18.2 Å². The summed E-state index contributed by atoms with van der Waals surface area (Å²) in [4.78, 5) is 36.8. The second-order valence-corrected chi connectivity index (χ2v) is 5.60. The highest BCUT2D eigenvalue weighted by atomic mass is 16.4. The van der Waals surface area contributed by atoms with E-state index in [9.17, 15) is 14.4 Å². The number of nitrogens with one attached hydrogen (secondary N) is 1. The van der Waals surface area contributed by atoms with E-state index in [1.165, 1.54) is 17.0 Å². The molecule has 0 aliphatic heterocycles. The van der Waals surface area contributed by atoms with Crippen LogP contribution in [0, 0.1) is 13.8 Å². The number of aromatic carboxylic acids is 1. The molecule has 1 heterocycles. The molecule has 0 atom stereocenters. The maximum atomic E-state index is 12.4. The molecule has 2 N–H and O–H groups in total. The Morgan fingerprint density at radius 2 is 1.68 bits per heavy atom. The predicted octanol–water partition coefficient (Wildman–Crippen LogP) is 2.70. The van der Waals surface area contributed by atoms with Crippen LogP contribution in [-0.4, -0.2) is 40.9 Å². The van der Waals surface area contributed by atoms with Crippen molar-refractivity contribution in [2.24, 2.45) is 0 Å². The van der Waals surface area contributed by atoms with Crippen molar-refractivity contribution in [1.29, 1.82) is 0 Å². The number of carbonyl (C=O) groups is 3. The van der Waals surface area contributed by atoms with E-state index in [4.69, 9.17) is 9.52 Å². The summed E-state index contributed by atoms with van der Waals surface area (Å²) in [5.41, 5.74) is 2.59. The Morgan fingerprint density at radius 1 is 1.08 bits per heavy atom. The third-order valence-corrected chi connectivity index (χ3v) is 3.78. The van der Waals surface area contributed by atoms with Crippen LogP contribution in [0.2, 0.25) is 0 Å². The summed E-state index contributed by atoms with van der Waals surface area (Å²) in [6, 6.07) is 8.18. The lowest BCUT2D eigenvalue weighted by molar-refractivity contribution is -0.116. The molecule has 0 bridgehead atoms. The molecule has 1 aromatic heterocycles. The second-order valence-electron chi connectivity index (χ2n) is 5.60. The van der Waals surface area contributed by atoms with Crippen LogP contribution in [0.4, 0.5) is 5.69 Å². The first kappa shape index (κ1) is 18.3. The highest BCUT2D eigenvalue weighted by molar-refractivity contribution is 5.99. The Bertz CT molecular complexity index is 789. The fraction of sp³-hybridized carbons (Fsp3) is 0.278. The van der Waals surface area contributed by atoms with E-state index in [0.29, 0.717) is 0 Å². The first-order valence-electron chi connectivity index (χ1n) is 7.82. The van der Waals surface area contributed by atoms with Gasteiger partial charge in [0.05, 0.1) is 0 Å². The molecule has 25 heavy (non-hydrogen) atoms. The minimum Gasteiger partial charge on any atom is -0.475 e. The molecule has 0 radical (unpaired) electrons. The van der Waals surface area contributed by atoms with Gasteiger partial charge in [0, 0.05) is 12.2 Å². The molecule has 7 nitrogen and oxygen atoms in total. The number of likely N-dealkylation sites (N-methyl/N-ethyl adjacent to an activating group) is 1. The lowest BCUT2D eigenvalue weighted by Gasteiger charge is -2.20. The number of para-hydroxylation sites is 1. The van der Waals surface area contributed by atoms with Gasteiger partial charge in [-0.15, -0.1) is 0 Å². The van der Waals surface area contributed by atoms with Crippen molar-refractivity contribution in [3.63, 3.8) is 0 Å². The number of hydrogen-bond acceptors (Lipinski definition) is 4. The zero-order chi connectivity index (χ0) is 18.6. The summed E-state index contributed by atoms with van der Waals surface area (Å²) in [5.74, 6) is -2.56. The largest absolute Gasteiger partial charge is 0.475 e. The number of carboxylic acid groups (broad SMARTS) is 1. The molecule has 1 aromatic carbocycles. The molecule has 132 valence electrons. The zero-order valence-electron chi connectivity index (χ0n) is 14.3. The van der Waals surface area contributed by atoms with Crippen molar-refractivity contribution in [3.05, 3.63) is 53.0 Å². The standard InChI is InChI=1S/C18H20N2O5/c1-4-20(17(22)13-8-9-14(25-13)18(23)24)10-15(21)19-16-11(2)6-5-7-12(16)3/h5-9H,4,10H2,1-3H3,(H,19,21)(H,23,24). The van der Waals surface area contributed by atoms with E-state index >= 15 is 0 Å². The van der Waals surface area contributed by atoms with Crippen molar-refractivity contribution in [2.45, 2.75) is 20.8 Å². The lowest BCUT2D eigenvalue weighted by Crippen LogP contribution is -2.37. The topological polar surface area (TPSA) is 99.9 Å². The van der Waals surface area contributed by atoms with Crippen LogP contribution in [0.5, 0.6) is 0 Å². The highest BCUT2D eigenvalue weighted by Crippen LogP contribution is 2.19. The van der Waals surface area contributed by atoms with Crippen LogP contribution in [0.1, 0.15) is 39.2 Å². The number of furan rings is 1. The smallest absolute Gasteiger partial charge is 0.371 e. The predicted molar refractivity (Wildman–Crippen MR) is 91.8 cm³/mol. The number of benzene rings is 1. The van der Waals surface area contributed by atoms with E-state index in [-0.39, 0.29) is 30.5 Å². The maximum absolute atomic E-state index is 12.4. The van der Waals surface area contributed by atoms with E-state index in [1.807, 2.05) is 32.0 Å². The van der Waals surface area contributed by atoms with Gasteiger partial charge in [-0.25, -0.2) is 4.79 Å². The second kappa shape index (κ2) is 7.65. The fourth-order valence-electron chi connectivity index (χ4n) is 2.41. The van der Waals surface area contributed by atoms with Crippen LogP contribution >= 0.6 is 0 Å². The molecule has 0 aliphatic rings. The molecule has 7 heteroatoms. The Morgan fingerprint density at radius 3 is 2.20 bits per heavy atom. The van der Waals surface area contributed by atoms with E-state index in [1.54, 1.807) is 6.92 Å². The number of rotatable bonds is 6. The number of carboxylic acids is 1. The monoisotopic (exact) mass is 344 g/mol. The molecular weight excluding hydrogens is 324 g/mol. The molecule has 0 aliphatic carbocycles. The van der Waals surface area contributed by atoms with Gasteiger partial charge in [0.2, 0.25) is 11.7 Å². The van der Waals surface area contributed by atoms with Gasteiger partial charge in [-0.2, -0.15) is 0 Å². The van der Waals surface area contributed by atoms with E-state index < -0.39 is 11.9 Å². The quantitative estimate of drug-likeness (QED) is 0.839. The van der Waals surface area contributed by atoms with Gasteiger partial charge in [0.25, 0.3) is 5.91 Å². The highest BCUT2D eigenvalue weighted by Gasteiger charge is 2.22. The van der Waals surface area contributed by atoms with Crippen LogP contribution in [0.15, 0.2) is 34.7 Å². The van der Waals surface area contributed by atoms with Crippen molar-refractivity contribution in [2.75, 3.05) is 18.4 Å². The Hall–Kier alpha value is -3.09. The Labute approximate surface area is 145 Å². The summed E-state index contributed by atoms with van der Waals surface area (Å²) < 4.78 is 5.01. The minimum atomic E-state index is -1.25. The van der Waals surface area contributed by atoms with Crippen molar-refractivity contribution in [1.82, 2.24) is 4.90 Å². The summed E-state index contributed by atoms with van der Waals surface area (Å²) >= 11 is 0. The van der Waals surface area contributed by atoms with Crippen LogP contribution in [0.3, 0.4) is 0 Å². The van der Waals surface area contributed by atoms with Crippen molar-refractivity contribution < 1.29 is 23.9 Å². The lowest BCUT2D eigenvalue weighted by atomic mass is 10.1. The molecule has 0 spiro atoms. The molecule has 2 rings (SSSR count). The Balaban J connectivity index is 2.09. The number of amides is 2. The average molecular weight is 344 g/mol. The van der Waals surface area contributed by atoms with Crippen molar-refractivity contribution >= 4 is 23.5 Å². The zero-order valence-corrected chi connectivity index (χ0v) is 14.3. The first-order valence-corrected chi connectivity index (χ1v) is 7.82. The first-order chi connectivity index (χ1) is 11.8. The van der Waals surface area contributed by atoms with Gasteiger partial charge in [0.1, 0.15) is 6.54 Å². The maximum Gasteiger partial charge on any atom is 0.371 e. The minimum absolute atomic E-state index is 0.112. The van der Waals surface area contributed by atoms with E-state index in [2.05, 4.69) is 5.32 Å². The number of anilines is 1. The van der Waals surface area contributed by atoms with Gasteiger partial charge in [-0.05, 0) is 44.0 Å². The van der Waals surface area contributed by atoms with Gasteiger partial charge < -0.3 is 19.7 Å². The van der Waals surface area contributed by atoms with Crippen LogP contribution < -0.4 is 5.32 Å². The summed E-state index contributed by atoms with van der Waals surface area (Å²) in [6.07, 6.45) is 0. The van der Waals surface area contributed by atoms with Gasteiger partial charge in [0.15, 0.2) is 5.76 Å². The molecule has 2 aromatic rings. The number of aryl methyl sites for hydroxylation is 2. The average Bonchev–Trinajstić information content (AvgIpc) is 3.06. The van der Waals surface area contributed by atoms with Crippen LogP contribution in [0.25, 0.3) is 0 Å². The summed E-state index contributed by atoms with van der Waals surface area (Å²) in [6.45, 7) is 5.63.